The Hall–Kier alpha value is -2.13. The van der Waals surface area contributed by atoms with E-state index in [0.717, 1.165) is 38.5 Å². The Morgan fingerprint density at radius 1 is 0.630 bits per heavy atom. The normalized spacial score (nSPS) is 21.3. The van der Waals surface area contributed by atoms with Gasteiger partial charge in [0.25, 0.3) is 10.1 Å². The van der Waals surface area contributed by atoms with E-state index in [2.05, 4.69) is 38.2 Å². The first-order chi connectivity index (χ1) is 26.0. The molecule has 1 aliphatic rings. The van der Waals surface area contributed by atoms with Crippen molar-refractivity contribution >= 4 is 22.1 Å². The first-order valence-corrected chi connectivity index (χ1v) is 22.2. The number of hydrogen-bond acceptors (Lipinski definition) is 11. The van der Waals surface area contributed by atoms with E-state index in [0.29, 0.717) is 12.8 Å². The molecule has 314 valence electrons. The molecule has 4 N–H and O–H groups in total. The molecule has 0 amide bonds. The van der Waals surface area contributed by atoms with Crippen LogP contribution in [0.1, 0.15) is 155 Å². The Morgan fingerprint density at radius 2 is 1.15 bits per heavy atom. The van der Waals surface area contributed by atoms with Crippen molar-refractivity contribution in [3.05, 3.63) is 36.5 Å². The van der Waals surface area contributed by atoms with Crippen molar-refractivity contribution in [3.8, 4) is 0 Å². The Labute approximate surface area is 325 Å². The van der Waals surface area contributed by atoms with E-state index in [1.165, 1.54) is 77.0 Å². The van der Waals surface area contributed by atoms with E-state index in [-0.39, 0.29) is 19.4 Å². The number of carbonyl (C=O) groups is 2. The molecule has 0 spiro atoms. The van der Waals surface area contributed by atoms with Gasteiger partial charge < -0.3 is 34.3 Å². The minimum atomic E-state index is -4.61. The van der Waals surface area contributed by atoms with Crippen LogP contribution in [0.15, 0.2) is 36.5 Å². The van der Waals surface area contributed by atoms with Gasteiger partial charge in [0.2, 0.25) is 0 Å². The molecule has 0 aromatic carbocycles. The standard InChI is InChI=1S/C41H72O12S/c1-3-5-7-9-11-13-15-17-19-21-23-25-27-29-36(42)50-31-34(32-51-41-40(46)39(45)38(44)35(53-41)33-54(47,48)49)52-37(43)30-28-26-24-22-20-18-16-14-12-10-8-6-4-2/h17-20,24,26,34-35,38-41,44-46H,3-16,21-23,25,27-33H2,1-2H3,(H,47,48,49)/b19-17+,20-18+,26-24+/t34?,35-,38-,39?,40?,41+/m0/s1. The lowest BCUT2D eigenvalue weighted by molar-refractivity contribution is -0.297. The molecule has 1 rings (SSSR count). The molecule has 0 aromatic rings. The summed E-state index contributed by atoms with van der Waals surface area (Å²) in [5, 5.41) is 30.8. The molecule has 0 bridgehead atoms. The highest BCUT2D eigenvalue weighted by Crippen LogP contribution is 2.24. The summed E-state index contributed by atoms with van der Waals surface area (Å²) < 4.78 is 53.8. The van der Waals surface area contributed by atoms with Crippen molar-refractivity contribution in [1.29, 1.82) is 0 Å². The van der Waals surface area contributed by atoms with Crippen LogP contribution in [0.25, 0.3) is 0 Å². The molecule has 0 radical (unpaired) electrons. The average molecular weight is 789 g/mol. The van der Waals surface area contributed by atoms with Gasteiger partial charge >= 0.3 is 11.9 Å². The summed E-state index contributed by atoms with van der Waals surface area (Å²) in [6.07, 6.45) is 25.0. The van der Waals surface area contributed by atoms with Crippen LogP contribution in [-0.4, -0.2) is 96.0 Å². The highest BCUT2D eigenvalue weighted by atomic mass is 32.2. The second kappa shape index (κ2) is 32.0. The Kier molecular flexibility index (Phi) is 29.6. The molecule has 3 unspecified atom stereocenters. The molecule has 12 nitrogen and oxygen atoms in total. The zero-order valence-corrected chi connectivity index (χ0v) is 33.9. The lowest BCUT2D eigenvalue weighted by Gasteiger charge is -2.40. The number of carbonyl (C=O) groups excluding carboxylic acids is 2. The van der Waals surface area contributed by atoms with Gasteiger partial charge in [-0.2, -0.15) is 8.42 Å². The molecule has 54 heavy (non-hydrogen) atoms. The maximum absolute atomic E-state index is 12.7. The van der Waals surface area contributed by atoms with Crippen molar-refractivity contribution in [2.24, 2.45) is 0 Å². The van der Waals surface area contributed by atoms with Crippen LogP contribution in [-0.2, 0) is 38.7 Å². The molecule has 13 heteroatoms. The van der Waals surface area contributed by atoms with Gasteiger partial charge in [-0.05, 0) is 57.8 Å². The number of rotatable bonds is 33. The summed E-state index contributed by atoms with van der Waals surface area (Å²) in [5.41, 5.74) is 0. The third kappa shape index (κ3) is 26.6. The SMILES string of the molecule is CCCCCCCC/C=C/C/C=C/CCC(=O)OC(COC(=O)CCCCC/C=C/CCCCCCCC)CO[C@@H]1O[C@@H](CS(=O)(=O)O)[C@H](O)C(O)C1O. The number of aliphatic hydroxyl groups is 3. The number of unbranched alkanes of at least 4 members (excludes halogenated alkanes) is 15. The number of ether oxygens (including phenoxy) is 4. The first-order valence-electron chi connectivity index (χ1n) is 20.5. The van der Waals surface area contributed by atoms with E-state index in [1.54, 1.807) is 0 Å². The quantitative estimate of drug-likeness (QED) is 0.0223. The fourth-order valence-electron chi connectivity index (χ4n) is 5.96. The fraction of sp³-hybridized carbons (Fsp3) is 0.805. The zero-order valence-electron chi connectivity index (χ0n) is 33.1. The van der Waals surface area contributed by atoms with Gasteiger partial charge in [-0.3, -0.25) is 14.1 Å². The molecule has 1 aliphatic heterocycles. The summed E-state index contributed by atoms with van der Waals surface area (Å²) >= 11 is 0. The van der Waals surface area contributed by atoms with Crippen LogP contribution < -0.4 is 0 Å². The minimum absolute atomic E-state index is 0.0553. The maximum Gasteiger partial charge on any atom is 0.306 e. The van der Waals surface area contributed by atoms with Gasteiger partial charge in [-0.15, -0.1) is 0 Å². The smallest absolute Gasteiger partial charge is 0.306 e. The Bertz CT molecular complexity index is 1150. The van der Waals surface area contributed by atoms with Gasteiger partial charge in [-0.1, -0.05) is 121 Å². The van der Waals surface area contributed by atoms with Gasteiger partial charge in [0, 0.05) is 12.8 Å². The summed E-state index contributed by atoms with van der Waals surface area (Å²) in [7, 11) is -4.61. The lowest BCUT2D eigenvalue weighted by Crippen LogP contribution is -2.60. The van der Waals surface area contributed by atoms with E-state index in [9.17, 15) is 37.9 Å². The Balaban J connectivity index is 2.56. The lowest BCUT2D eigenvalue weighted by atomic mass is 10.00. The third-order valence-electron chi connectivity index (χ3n) is 9.21. The predicted octanol–water partition coefficient (Wildman–Crippen LogP) is 7.44. The van der Waals surface area contributed by atoms with Crippen LogP contribution in [0.3, 0.4) is 0 Å². The maximum atomic E-state index is 12.7. The van der Waals surface area contributed by atoms with Crippen molar-refractivity contribution < 1.29 is 56.8 Å². The number of esters is 2. The summed E-state index contributed by atoms with van der Waals surface area (Å²) in [6, 6.07) is 0. The summed E-state index contributed by atoms with van der Waals surface area (Å²) in [4.78, 5) is 25.2. The molecular formula is C41H72O12S. The third-order valence-corrected chi connectivity index (χ3v) is 9.96. The zero-order chi connectivity index (χ0) is 39.9. The largest absolute Gasteiger partial charge is 0.462 e. The van der Waals surface area contributed by atoms with Crippen LogP contribution in [0, 0.1) is 0 Å². The fourth-order valence-corrected chi connectivity index (χ4v) is 6.65. The average Bonchev–Trinajstić information content (AvgIpc) is 3.13. The predicted molar refractivity (Wildman–Crippen MR) is 210 cm³/mol. The van der Waals surface area contributed by atoms with Gasteiger partial charge in [0.15, 0.2) is 12.4 Å². The molecule has 0 aliphatic carbocycles. The number of hydrogen-bond donors (Lipinski definition) is 4. The minimum Gasteiger partial charge on any atom is -0.462 e. The van der Waals surface area contributed by atoms with Gasteiger partial charge in [0.05, 0.1) is 6.61 Å². The summed E-state index contributed by atoms with van der Waals surface area (Å²) in [5.74, 6) is -2.09. The summed E-state index contributed by atoms with van der Waals surface area (Å²) in [6.45, 7) is 3.65. The van der Waals surface area contributed by atoms with Crippen molar-refractivity contribution in [1.82, 2.24) is 0 Å². The molecule has 1 fully saturated rings. The molecule has 0 aromatic heterocycles. The molecule has 0 saturated carbocycles. The van der Waals surface area contributed by atoms with Crippen LogP contribution in [0.4, 0.5) is 0 Å². The Morgan fingerprint density at radius 3 is 1.72 bits per heavy atom. The van der Waals surface area contributed by atoms with Crippen molar-refractivity contribution in [2.75, 3.05) is 19.0 Å². The van der Waals surface area contributed by atoms with Crippen LogP contribution in [0.2, 0.25) is 0 Å². The van der Waals surface area contributed by atoms with E-state index >= 15 is 0 Å². The highest BCUT2D eigenvalue weighted by molar-refractivity contribution is 7.85. The highest BCUT2D eigenvalue weighted by Gasteiger charge is 2.46. The second-order valence-electron chi connectivity index (χ2n) is 14.3. The van der Waals surface area contributed by atoms with E-state index in [1.807, 2.05) is 12.2 Å². The van der Waals surface area contributed by atoms with Gasteiger partial charge in [-0.25, -0.2) is 0 Å². The van der Waals surface area contributed by atoms with Crippen LogP contribution in [0.5, 0.6) is 0 Å². The molecule has 1 saturated heterocycles. The topological polar surface area (TPSA) is 186 Å². The monoisotopic (exact) mass is 788 g/mol. The molecule has 6 atom stereocenters. The second-order valence-corrected chi connectivity index (χ2v) is 15.8. The van der Waals surface area contributed by atoms with Crippen molar-refractivity contribution in [2.45, 2.75) is 192 Å². The first kappa shape index (κ1) is 49.9. The number of aliphatic hydroxyl groups excluding tert-OH is 3. The van der Waals surface area contributed by atoms with Crippen molar-refractivity contribution in [3.63, 3.8) is 0 Å². The van der Waals surface area contributed by atoms with Crippen LogP contribution >= 0.6 is 0 Å². The molecular weight excluding hydrogens is 717 g/mol. The van der Waals surface area contributed by atoms with Gasteiger partial charge in [0.1, 0.15) is 36.8 Å². The van der Waals surface area contributed by atoms with E-state index < -0.39 is 71.2 Å². The molecule has 1 heterocycles. The van der Waals surface area contributed by atoms with E-state index in [4.69, 9.17) is 18.9 Å². The number of allylic oxidation sites excluding steroid dienone is 6.